The maximum atomic E-state index is 11.0. The van der Waals surface area contributed by atoms with Gasteiger partial charge in [-0.2, -0.15) is 0 Å². The second-order valence-electron chi connectivity index (χ2n) is 3.04. The molecule has 0 aliphatic carbocycles. The quantitative estimate of drug-likeness (QED) is 0.724. The lowest BCUT2D eigenvalue weighted by Gasteiger charge is -1.94. The zero-order valence-electron chi connectivity index (χ0n) is 7.78. The number of nitrogens with two attached hydrogens (primary N) is 1. The Hall–Kier alpha value is -1.36. The van der Waals surface area contributed by atoms with Gasteiger partial charge in [0.25, 0.3) is 5.91 Å². The van der Waals surface area contributed by atoms with Crippen molar-refractivity contribution in [2.75, 3.05) is 0 Å². The summed E-state index contributed by atoms with van der Waals surface area (Å²) in [6.07, 6.45) is 3.60. The number of amides is 1. The van der Waals surface area contributed by atoms with Crippen LogP contribution in [0.2, 0.25) is 6.82 Å². The summed E-state index contributed by atoms with van der Waals surface area (Å²) in [7, 11) is 0.916. The second-order valence-corrected chi connectivity index (χ2v) is 4.12. The van der Waals surface area contributed by atoms with Gasteiger partial charge in [0.2, 0.25) is 0 Å². The number of hydrogen-bond acceptors (Lipinski definition) is 3. The number of primary amides is 1. The van der Waals surface area contributed by atoms with Gasteiger partial charge in [-0.15, -0.1) is 11.3 Å². The minimum absolute atomic E-state index is 0.367. The molecule has 0 spiro atoms. The van der Waals surface area contributed by atoms with E-state index in [1.165, 1.54) is 11.3 Å². The highest BCUT2D eigenvalue weighted by molar-refractivity contribution is 7.21. The van der Waals surface area contributed by atoms with Gasteiger partial charge in [0.15, 0.2) is 7.28 Å². The topological polar surface area (TPSA) is 56.0 Å². The first kappa shape index (κ1) is 9.21. The van der Waals surface area contributed by atoms with Gasteiger partial charge in [-0.25, -0.2) is 0 Å². The van der Waals surface area contributed by atoms with Crippen molar-refractivity contribution in [1.29, 1.82) is 0 Å². The number of nitrogens with zero attached hydrogens (tertiary/aromatic N) is 1. The highest BCUT2D eigenvalue weighted by Crippen LogP contribution is 2.22. The van der Waals surface area contributed by atoms with Crippen LogP contribution in [0.5, 0.6) is 0 Å². The average Bonchev–Trinajstić information content (AvgIpc) is 2.60. The molecule has 0 aromatic carbocycles. The van der Waals surface area contributed by atoms with Crippen LogP contribution >= 0.6 is 11.3 Å². The smallest absolute Gasteiger partial charge is 0.258 e. The number of thiophene rings is 1. The molecule has 0 saturated carbocycles. The van der Waals surface area contributed by atoms with Crippen molar-refractivity contribution in [3.63, 3.8) is 0 Å². The Kier molecular flexibility index (Phi) is 2.25. The summed E-state index contributed by atoms with van der Waals surface area (Å²) in [5.74, 6) is -0.367. The Morgan fingerprint density at radius 2 is 2.36 bits per heavy atom. The van der Waals surface area contributed by atoms with Crippen molar-refractivity contribution in [1.82, 2.24) is 4.98 Å². The number of fused-ring (bicyclic) bond motifs is 1. The summed E-state index contributed by atoms with van der Waals surface area (Å²) >= 11 is 1.40. The van der Waals surface area contributed by atoms with E-state index < -0.39 is 0 Å². The van der Waals surface area contributed by atoms with Crippen LogP contribution in [0.15, 0.2) is 18.5 Å². The molecule has 0 saturated heterocycles. The SMILES string of the molecule is CBc1cncc2sc(C(N)=O)cc12. The Morgan fingerprint density at radius 1 is 1.57 bits per heavy atom. The molecule has 5 heteroatoms. The lowest BCUT2D eigenvalue weighted by Crippen LogP contribution is -2.11. The standard InChI is InChI=1S/C9H9BN2OS/c1-10-6-3-12-4-8-5(6)2-7(14-8)9(11)13/h2-4,10H,1H3,(H2,11,13). The van der Waals surface area contributed by atoms with E-state index >= 15 is 0 Å². The van der Waals surface area contributed by atoms with Crippen LogP contribution < -0.4 is 11.2 Å². The molecule has 0 fully saturated rings. The van der Waals surface area contributed by atoms with E-state index in [2.05, 4.69) is 11.8 Å². The molecule has 2 N–H and O–H groups in total. The van der Waals surface area contributed by atoms with E-state index in [4.69, 9.17) is 5.73 Å². The van der Waals surface area contributed by atoms with Crippen LogP contribution in [0.3, 0.4) is 0 Å². The zero-order chi connectivity index (χ0) is 10.1. The molecule has 2 aromatic rings. The third kappa shape index (κ3) is 1.39. The average molecular weight is 204 g/mol. The van der Waals surface area contributed by atoms with Gasteiger partial charge in [0, 0.05) is 12.4 Å². The van der Waals surface area contributed by atoms with Gasteiger partial charge in [0.05, 0.1) is 9.58 Å². The molecule has 2 heterocycles. The maximum Gasteiger partial charge on any atom is 0.258 e. The van der Waals surface area contributed by atoms with Gasteiger partial charge in [-0.3, -0.25) is 9.78 Å². The zero-order valence-corrected chi connectivity index (χ0v) is 8.60. The number of aromatic nitrogens is 1. The molecule has 70 valence electrons. The molecule has 1 amide bonds. The molecular formula is C9H9BN2OS. The van der Waals surface area contributed by atoms with Crippen LogP contribution in [0.1, 0.15) is 9.67 Å². The molecule has 0 radical (unpaired) electrons. The Bertz CT molecular complexity index is 495. The number of carbonyl (C=O) groups is 1. The number of pyridine rings is 1. The summed E-state index contributed by atoms with van der Waals surface area (Å²) in [4.78, 5) is 15.7. The van der Waals surface area contributed by atoms with Crippen LogP contribution in [0.25, 0.3) is 10.1 Å². The minimum atomic E-state index is -0.367. The van der Waals surface area contributed by atoms with Gasteiger partial charge in [0.1, 0.15) is 0 Å². The molecule has 0 bridgehead atoms. The highest BCUT2D eigenvalue weighted by Gasteiger charge is 2.08. The van der Waals surface area contributed by atoms with Gasteiger partial charge in [-0.05, 0) is 11.5 Å². The van der Waals surface area contributed by atoms with Crippen LogP contribution in [-0.2, 0) is 0 Å². The number of hydrogen-bond donors (Lipinski definition) is 1. The molecule has 0 aliphatic rings. The minimum Gasteiger partial charge on any atom is -0.365 e. The van der Waals surface area contributed by atoms with Crippen molar-refractivity contribution in [3.05, 3.63) is 23.3 Å². The van der Waals surface area contributed by atoms with Crippen molar-refractivity contribution in [2.45, 2.75) is 6.82 Å². The first-order chi connectivity index (χ1) is 6.72. The van der Waals surface area contributed by atoms with Crippen molar-refractivity contribution in [2.24, 2.45) is 5.73 Å². The number of rotatable bonds is 2. The number of carbonyl (C=O) groups excluding carboxylic acids is 1. The molecule has 3 nitrogen and oxygen atoms in total. The molecule has 0 aliphatic heterocycles. The van der Waals surface area contributed by atoms with Gasteiger partial charge >= 0.3 is 0 Å². The molecular weight excluding hydrogens is 195 g/mol. The third-order valence-corrected chi connectivity index (χ3v) is 3.24. The first-order valence-corrected chi connectivity index (χ1v) is 5.20. The predicted octanol–water partition coefficient (Wildman–Crippen LogP) is 0.505. The summed E-state index contributed by atoms with van der Waals surface area (Å²) < 4.78 is 1.03. The molecule has 2 aromatic heterocycles. The van der Waals surface area contributed by atoms with Crippen molar-refractivity contribution in [3.8, 4) is 0 Å². The summed E-state index contributed by atoms with van der Waals surface area (Å²) in [5.41, 5.74) is 6.38. The molecule has 0 atom stereocenters. The second kappa shape index (κ2) is 3.42. The Morgan fingerprint density at radius 3 is 3.00 bits per heavy atom. The van der Waals surface area contributed by atoms with Crippen molar-refractivity contribution >= 4 is 40.1 Å². The largest absolute Gasteiger partial charge is 0.365 e. The van der Waals surface area contributed by atoms with Gasteiger partial charge in [-0.1, -0.05) is 12.3 Å². The molecule has 0 unspecified atom stereocenters. The highest BCUT2D eigenvalue weighted by atomic mass is 32.1. The maximum absolute atomic E-state index is 11.0. The van der Waals surface area contributed by atoms with Crippen LogP contribution in [-0.4, -0.2) is 18.2 Å². The van der Waals surface area contributed by atoms with E-state index in [-0.39, 0.29) is 5.91 Å². The Balaban J connectivity index is 2.70. The van der Waals surface area contributed by atoms with Crippen molar-refractivity contribution < 1.29 is 4.79 Å². The lowest BCUT2D eigenvalue weighted by atomic mass is 9.73. The van der Waals surface area contributed by atoms with E-state index in [1.54, 1.807) is 6.20 Å². The predicted molar refractivity (Wildman–Crippen MR) is 60.8 cm³/mol. The molecule has 14 heavy (non-hydrogen) atoms. The van der Waals surface area contributed by atoms with E-state index in [0.29, 0.717) is 4.88 Å². The van der Waals surface area contributed by atoms with Crippen LogP contribution in [0, 0.1) is 0 Å². The summed E-state index contributed by atoms with van der Waals surface area (Å²) in [6.45, 7) is 2.07. The molecule has 2 rings (SSSR count). The van der Waals surface area contributed by atoms with E-state index in [9.17, 15) is 4.79 Å². The first-order valence-electron chi connectivity index (χ1n) is 4.38. The summed E-state index contributed by atoms with van der Waals surface area (Å²) in [5, 5.41) is 1.10. The van der Waals surface area contributed by atoms with E-state index in [0.717, 1.165) is 22.8 Å². The lowest BCUT2D eigenvalue weighted by molar-refractivity contribution is 0.100. The third-order valence-electron chi connectivity index (χ3n) is 2.15. The van der Waals surface area contributed by atoms with Crippen LogP contribution in [0.4, 0.5) is 0 Å². The summed E-state index contributed by atoms with van der Waals surface area (Å²) in [6, 6.07) is 1.85. The fourth-order valence-electron chi connectivity index (χ4n) is 1.42. The normalized spacial score (nSPS) is 10.4. The fraction of sp³-hybridized carbons (Fsp3) is 0.111. The monoisotopic (exact) mass is 204 g/mol. The fourth-order valence-corrected chi connectivity index (χ4v) is 2.35. The Labute approximate surface area is 86.2 Å². The van der Waals surface area contributed by atoms with Gasteiger partial charge < -0.3 is 5.73 Å². The van der Waals surface area contributed by atoms with E-state index in [1.807, 2.05) is 12.3 Å².